The third-order valence-corrected chi connectivity index (χ3v) is 5.42. The van der Waals surface area contributed by atoms with E-state index in [1.165, 1.54) is 0 Å². The van der Waals surface area contributed by atoms with Crippen LogP contribution in [0.1, 0.15) is 31.1 Å². The number of hydrogen-bond acceptors (Lipinski definition) is 6. The van der Waals surface area contributed by atoms with Crippen LogP contribution in [0.15, 0.2) is 17.5 Å². The molecule has 0 fully saturated rings. The van der Waals surface area contributed by atoms with E-state index in [0.717, 1.165) is 46.3 Å². The van der Waals surface area contributed by atoms with Crippen molar-refractivity contribution in [1.82, 2.24) is 24.6 Å². The summed E-state index contributed by atoms with van der Waals surface area (Å²) in [6.07, 6.45) is 0. The normalized spacial score (nSPS) is 14.1. The van der Waals surface area contributed by atoms with E-state index in [4.69, 9.17) is 0 Å². The van der Waals surface area contributed by atoms with Crippen LogP contribution in [0.5, 0.6) is 0 Å². The number of rotatable bonds is 4. The van der Waals surface area contributed by atoms with E-state index >= 15 is 0 Å². The zero-order valence-corrected chi connectivity index (χ0v) is 16.0. The van der Waals surface area contributed by atoms with Crippen molar-refractivity contribution in [3.63, 3.8) is 0 Å². The Morgan fingerprint density at radius 2 is 2.19 bits per heavy atom. The fraction of sp³-hybridized carbons (Fsp3) is 0.444. The molecule has 3 aromatic rings. The molecule has 0 spiro atoms. The highest BCUT2D eigenvalue weighted by molar-refractivity contribution is 7.17. The summed E-state index contributed by atoms with van der Waals surface area (Å²) in [6, 6.07) is 4.09. The molecule has 136 valence electrons. The van der Waals surface area contributed by atoms with Crippen LogP contribution in [0.3, 0.4) is 0 Å². The number of amides is 1. The molecular formula is C18H22N6OS. The number of aromatic nitrogens is 4. The molecule has 4 heterocycles. The molecule has 0 saturated heterocycles. The van der Waals surface area contributed by atoms with Gasteiger partial charge in [-0.25, -0.2) is 9.97 Å². The fourth-order valence-electron chi connectivity index (χ4n) is 3.24. The molecule has 1 N–H and O–H groups in total. The summed E-state index contributed by atoms with van der Waals surface area (Å²) in [7, 11) is 0. The molecule has 7 nitrogen and oxygen atoms in total. The van der Waals surface area contributed by atoms with Gasteiger partial charge in [0.25, 0.3) is 0 Å². The third-order valence-electron chi connectivity index (χ3n) is 4.51. The second-order valence-electron chi connectivity index (χ2n) is 6.87. The van der Waals surface area contributed by atoms with Crippen molar-refractivity contribution in [3.8, 4) is 0 Å². The predicted octanol–water partition coefficient (Wildman–Crippen LogP) is 2.81. The Hall–Kier alpha value is -2.48. The zero-order valence-electron chi connectivity index (χ0n) is 15.2. The molecule has 0 aliphatic carbocycles. The first-order valence-electron chi connectivity index (χ1n) is 8.81. The summed E-state index contributed by atoms with van der Waals surface area (Å²) in [6.45, 7) is 8.48. The van der Waals surface area contributed by atoms with Crippen LogP contribution in [0.25, 0.3) is 10.2 Å². The maximum absolute atomic E-state index is 12.2. The second kappa shape index (κ2) is 6.68. The number of fused-ring (bicyclic) bond motifs is 2. The smallest absolute Gasteiger partial charge is 0.225 e. The van der Waals surface area contributed by atoms with Gasteiger partial charge in [-0.1, -0.05) is 13.8 Å². The molecule has 1 aliphatic rings. The summed E-state index contributed by atoms with van der Waals surface area (Å²) in [4.78, 5) is 23.1. The number of hydrogen-bond donors (Lipinski definition) is 1. The minimum Gasteiger partial charge on any atom is -0.363 e. The Morgan fingerprint density at radius 3 is 3.00 bits per heavy atom. The maximum Gasteiger partial charge on any atom is 0.225 e. The highest BCUT2D eigenvalue weighted by Gasteiger charge is 2.23. The second-order valence-corrected chi connectivity index (χ2v) is 7.79. The lowest BCUT2D eigenvalue weighted by atomic mass is 10.1. The number of aryl methyl sites for hydroxylation is 1. The van der Waals surface area contributed by atoms with Gasteiger partial charge in [0.15, 0.2) is 0 Å². The standard InChI is InChI=1S/C18H22N6OS/c1-11(2)18(25)23-5-6-24-14(10-23)8-13(22-24)9-19-17-16-15(4-7-26-16)20-12(3)21-17/h4,7-8,11H,5-6,9-10H2,1-3H3,(H,19,20,21). The quantitative estimate of drug-likeness (QED) is 0.764. The van der Waals surface area contributed by atoms with Crippen LogP contribution in [-0.2, 0) is 24.4 Å². The lowest BCUT2D eigenvalue weighted by molar-refractivity contribution is -0.136. The van der Waals surface area contributed by atoms with Crippen LogP contribution in [0, 0.1) is 12.8 Å². The molecule has 1 amide bonds. The Bertz CT molecular complexity index is 960. The van der Waals surface area contributed by atoms with Gasteiger partial charge in [0.1, 0.15) is 11.6 Å². The van der Waals surface area contributed by atoms with Crippen LogP contribution in [-0.4, -0.2) is 37.1 Å². The number of carbonyl (C=O) groups excluding carboxylic acids is 1. The van der Waals surface area contributed by atoms with Crippen molar-refractivity contribution in [3.05, 3.63) is 34.7 Å². The Balaban J connectivity index is 1.49. The first-order valence-corrected chi connectivity index (χ1v) is 9.69. The monoisotopic (exact) mass is 370 g/mol. The number of carbonyl (C=O) groups is 1. The summed E-state index contributed by atoms with van der Waals surface area (Å²) >= 11 is 1.63. The van der Waals surface area contributed by atoms with E-state index in [2.05, 4.69) is 26.4 Å². The van der Waals surface area contributed by atoms with Crippen molar-refractivity contribution in [2.45, 2.75) is 40.4 Å². The number of anilines is 1. The van der Waals surface area contributed by atoms with Crippen LogP contribution < -0.4 is 5.32 Å². The van der Waals surface area contributed by atoms with Crippen LogP contribution in [0.2, 0.25) is 0 Å². The minimum absolute atomic E-state index is 0.0276. The van der Waals surface area contributed by atoms with Gasteiger partial charge in [0, 0.05) is 12.5 Å². The predicted molar refractivity (Wildman–Crippen MR) is 102 cm³/mol. The molecule has 0 atom stereocenters. The molecular weight excluding hydrogens is 348 g/mol. The molecule has 0 radical (unpaired) electrons. The van der Waals surface area contributed by atoms with Gasteiger partial charge >= 0.3 is 0 Å². The first-order chi connectivity index (χ1) is 12.5. The van der Waals surface area contributed by atoms with Gasteiger partial charge in [-0.2, -0.15) is 5.10 Å². The largest absolute Gasteiger partial charge is 0.363 e. The first kappa shape index (κ1) is 17.0. The summed E-state index contributed by atoms with van der Waals surface area (Å²) in [5.41, 5.74) is 3.01. The van der Waals surface area contributed by atoms with Gasteiger partial charge in [0.05, 0.1) is 41.2 Å². The number of thiophene rings is 1. The molecule has 0 unspecified atom stereocenters. The van der Waals surface area contributed by atoms with E-state index in [9.17, 15) is 4.79 Å². The number of nitrogens with one attached hydrogen (secondary N) is 1. The van der Waals surface area contributed by atoms with Crippen LogP contribution in [0.4, 0.5) is 5.82 Å². The van der Waals surface area contributed by atoms with E-state index in [1.54, 1.807) is 11.3 Å². The van der Waals surface area contributed by atoms with Crippen molar-refractivity contribution in [2.75, 3.05) is 11.9 Å². The molecule has 8 heteroatoms. The lowest BCUT2D eigenvalue weighted by Gasteiger charge is -2.29. The molecule has 0 saturated carbocycles. The van der Waals surface area contributed by atoms with Crippen molar-refractivity contribution < 1.29 is 4.79 Å². The third kappa shape index (κ3) is 3.16. The van der Waals surface area contributed by atoms with Crippen molar-refractivity contribution in [1.29, 1.82) is 0 Å². The topological polar surface area (TPSA) is 75.9 Å². The van der Waals surface area contributed by atoms with Crippen molar-refractivity contribution in [2.24, 2.45) is 5.92 Å². The molecule has 0 aromatic carbocycles. The SMILES string of the molecule is Cc1nc(NCc2cc3n(n2)CCN(C(=O)C(C)C)C3)c2sccc2n1. The molecule has 4 rings (SSSR count). The van der Waals surface area contributed by atoms with Gasteiger partial charge in [-0.15, -0.1) is 11.3 Å². The maximum atomic E-state index is 12.2. The van der Waals surface area contributed by atoms with Gasteiger partial charge in [0.2, 0.25) is 5.91 Å². The molecule has 26 heavy (non-hydrogen) atoms. The van der Waals surface area contributed by atoms with Gasteiger partial charge in [-0.05, 0) is 24.4 Å². The summed E-state index contributed by atoms with van der Waals surface area (Å²) < 4.78 is 3.07. The van der Waals surface area contributed by atoms with E-state index in [1.807, 2.05) is 41.8 Å². The Morgan fingerprint density at radius 1 is 1.35 bits per heavy atom. The van der Waals surface area contributed by atoms with E-state index < -0.39 is 0 Å². The van der Waals surface area contributed by atoms with E-state index in [-0.39, 0.29) is 11.8 Å². The van der Waals surface area contributed by atoms with E-state index in [0.29, 0.717) is 13.1 Å². The average molecular weight is 370 g/mol. The Kier molecular flexibility index (Phi) is 4.36. The minimum atomic E-state index is 0.0276. The molecule has 3 aromatic heterocycles. The summed E-state index contributed by atoms with van der Waals surface area (Å²) in [5, 5.41) is 10.1. The molecule has 1 aliphatic heterocycles. The zero-order chi connectivity index (χ0) is 18.3. The number of nitrogens with zero attached hydrogens (tertiary/aromatic N) is 5. The lowest BCUT2D eigenvalue weighted by Crippen LogP contribution is -2.40. The Labute approximate surface area is 156 Å². The highest BCUT2D eigenvalue weighted by Crippen LogP contribution is 2.26. The summed E-state index contributed by atoms with van der Waals surface area (Å²) in [5.74, 6) is 1.84. The average Bonchev–Trinajstić information content (AvgIpc) is 3.24. The highest BCUT2D eigenvalue weighted by atomic mass is 32.1. The van der Waals surface area contributed by atoms with Gasteiger partial charge < -0.3 is 10.2 Å². The van der Waals surface area contributed by atoms with Crippen LogP contribution >= 0.6 is 11.3 Å². The van der Waals surface area contributed by atoms with Gasteiger partial charge in [-0.3, -0.25) is 9.48 Å². The fourth-order valence-corrected chi connectivity index (χ4v) is 4.04. The van der Waals surface area contributed by atoms with Crippen molar-refractivity contribution >= 4 is 33.3 Å². The molecule has 0 bridgehead atoms.